The third-order valence-corrected chi connectivity index (χ3v) is 5.70. The van der Waals surface area contributed by atoms with Crippen LogP contribution in [-0.4, -0.2) is 31.7 Å². The molecular weight excluding hydrogens is 454 g/mol. The molecule has 1 aliphatic rings. The molecule has 7 nitrogen and oxygen atoms in total. The van der Waals surface area contributed by atoms with Crippen molar-refractivity contribution in [2.75, 3.05) is 18.6 Å². The summed E-state index contributed by atoms with van der Waals surface area (Å²) in [5.74, 6) is 0.525. The highest BCUT2D eigenvalue weighted by atomic mass is 35.5. The van der Waals surface area contributed by atoms with Crippen LogP contribution in [0.25, 0.3) is 0 Å². The maximum atomic E-state index is 12.6. The van der Waals surface area contributed by atoms with Crippen molar-refractivity contribution in [1.29, 1.82) is 0 Å². The molecule has 2 amide bonds. The number of rotatable bonds is 8. The molecule has 1 saturated heterocycles. The van der Waals surface area contributed by atoms with Crippen LogP contribution >= 0.6 is 11.6 Å². The van der Waals surface area contributed by atoms with E-state index in [1.165, 1.54) is 0 Å². The highest BCUT2D eigenvalue weighted by Crippen LogP contribution is 2.27. The van der Waals surface area contributed by atoms with Crippen molar-refractivity contribution in [1.82, 2.24) is 5.43 Å². The van der Waals surface area contributed by atoms with E-state index in [4.69, 9.17) is 21.1 Å². The van der Waals surface area contributed by atoms with Crippen LogP contribution < -0.4 is 19.8 Å². The van der Waals surface area contributed by atoms with E-state index < -0.39 is 5.92 Å². The van der Waals surface area contributed by atoms with Gasteiger partial charge >= 0.3 is 0 Å². The molecule has 1 fully saturated rings. The van der Waals surface area contributed by atoms with Gasteiger partial charge in [-0.15, -0.1) is 0 Å². The fourth-order valence-corrected chi connectivity index (χ4v) is 3.71. The van der Waals surface area contributed by atoms with Gasteiger partial charge in [-0.3, -0.25) is 9.59 Å². The number of hydrazone groups is 1. The maximum absolute atomic E-state index is 12.6. The number of hydrogen-bond acceptors (Lipinski definition) is 5. The lowest BCUT2D eigenvalue weighted by atomic mass is 10.1. The molecule has 0 unspecified atom stereocenters. The Kier molecular flexibility index (Phi) is 7.44. The van der Waals surface area contributed by atoms with Crippen molar-refractivity contribution in [3.05, 3.63) is 88.9 Å². The normalized spacial score (nSPS) is 15.5. The summed E-state index contributed by atoms with van der Waals surface area (Å²) in [6, 6.07) is 22.0. The Hall–Kier alpha value is -3.84. The Morgan fingerprint density at radius 1 is 1.12 bits per heavy atom. The van der Waals surface area contributed by atoms with Gasteiger partial charge in [0.2, 0.25) is 11.8 Å². The zero-order valence-corrected chi connectivity index (χ0v) is 19.4. The highest BCUT2D eigenvalue weighted by molar-refractivity contribution is 6.30. The number of nitrogens with zero attached hydrogens (tertiary/aromatic N) is 2. The van der Waals surface area contributed by atoms with Gasteiger partial charge in [-0.05, 0) is 59.7 Å². The average molecular weight is 478 g/mol. The first-order valence-electron chi connectivity index (χ1n) is 10.8. The van der Waals surface area contributed by atoms with Gasteiger partial charge in [0.05, 0.1) is 19.2 Å². The molecule has 0 aromatic heterocycles. The van der Waals surface area contributed by atoms with E-state index >= 15 is 0 Å². The van der Waals surface area contributed by atoms with Crippen LogP contribution in [0, 0.1) is 5.92 Å². The summed E-state index contributed by atoms with van der Waals surface area (Å²) in [5.41, 5.74) is 5.06. The summed E-state index contributed by atoms with van der Waals surface area (Å²) in [7, 11) is 1.58. The minimum atomic E-state index is -0.471. The lowest BCUT2D eigenvalue weighted by Gasteiger charge is -2.16. The Labute approximate surface area is 202 Å². The summed E-state index contributed by atoms with van der Waals surface area (Å²) in [4.78, 5) is 26.6. The number of ether oxygens (including phenoxy) is 2. The van der Waals surface area contributed by atoms with Gasteiger partial charge in [-0.2, -0.15) is 5.10 Å². The lowest BCUT2D eigenvalue weighted by molar-refractivity contribution is -0.126. The summed E-state index contributed by atoms with van der Waals surface area (Å²) < 4.78 is 11.0. The lowest BCUT2D eigenvalue weighted by Crippen LogP contribution is -2.30. The Morgan fingerprint density at radius 2 is 1.88 bits per heavy atom. The highest BCUT2D eigenvalue weighted by Gasteiger charge is 2.35. The number of halogens is 1. The second kappa shape index (κ2) is 10.9. The Balaban J connectivity index is 1.30. The number of carbonyl (C=O) groups excluding carboxylic acids is 2. The monoisotopic (exact) mass is 477 g/mol. The topological polar surface area (TPSA) is 80.2 Å². The van der Waals surface area contributed by atoms with Crippen molar-refractivity contribution in [2.24, 2.45) is 11.0 Å². The van der Waals surface area contributed by atoms with E-state index in [0.29, 0.717) is 29.7 Å². The van der Waals surface area contributed by atoms with Crippen LogP contribution in [0.4, 0.5) is 5.69 Å². The maximum Gasteiger partial charge on any atom is 0.245 e. The van der Waals surface area contributed by atoms with Crippen molar-refractivity contribution in [3.8, 4) is 11.5 Å². The first-order valence-corrected chi connectivity index (χ1v) is 11.1. The number of amides is 2. The molecule has 4 rings (SSSR count). The van der Waals surface area contributed by atoms with E-state index in [1.54, 1.807) is 42.5 Å². The SMILES string of the molecule is COc1ccc(N2C[C@H](C(=O)N/N=C/c3cccc(OCc4ccc(Cl)cc4)c3)CC2=O)cc1. The third kappa shape index (κ3) is 5.94. The molecule has 34 heavy (non-hydrogen) atoms. The molecule has 174 valence electrons. The molecule has 1 heterocycles. The largest absolute Gasteiger partial charge is 0.497 e. The standard InChI is InChI=1S/C26H24ClN3O4/c1-33-23-11-9-22(10-12-23)30-16-20(14-25(30)31)26(32)29-28-15-19-3-2-4-24(13-19)34-17-18-5-7-21(27)8-6-18/h2-13,15,20H,14,16-17H2,1H3,(H,29,32)/b28-15+/t20-/m1/s1. The summed E-state index contributed by atoms with van der Waals surface area (Å²) in [6.45, 7) is 0.718. The summed E-state index contributed by atoms with van der Waals surface area (Å²) >= 11 is 5.91. The second-order valence-corrected chi connectivity index (χ2v) is 8.26. The van der Waals surface area contributed by atoms with Crippen LogP contribution in [0.1, 0.15) is 17.5 Å². The van der Waals surface area contributed by atoms with Gasteiger partial charge in [0.15, 0.2) is 0 Å². The number of methoxy groups -OCH3 is 1. The van der Waals surface area contributed by atoms with Crippen molar-refractivity contribution in [2.45, 2.75) is 13.0 Å². The number of anilines is 1. The van der Waals surface area contributed by atoms with E-state index in [2.05, 4.69) is 10.5 Å². The van der Waals surface area contributed by atoms with Crippen LogP contribution in [0.5, 0.6) is 11.5 Å². The molecular formula is C26H24ClN3O4. The first-order chi connectivity index (χ1) is 16.5. The van der Waals surface area contributed by atoms with E-state index in [1.807, 2.05) is 48.5 Å². The Bertz CT molecular complexity index is 1180. The quantitative estimate of drug-likeness (QED) is 0.384. The number of nitrogens with one attached hydrogen (secondary N) is 1. The molecule has 1 aliphatic heterocycles. The third-order valence-electron chi connectivity index (χ3n) is 5.45. The van der Waals surface area contributed by atoms with Gasteiger partial charge in [0.25, 0.3) is 0 Å². The number of carbonyl (C=O) groups is 2. The van der Waals surface area contributed by atoms with Crippen molar-refractivity contribution < 1.29 is 19.1 Å². The van der Waals surface area contributed by atoms with E-state index in [-0.39, 0.29) is 18.2 Å². The second-order valence-electron chi connectivity index (χ2n) is 7.83. The van der Waals surface area contributed by atoms with Crippen LogP contribution in [0.2, 0.25) is 5.02 Å². The Morgan fingerprint density at radius 3 is 2.62 bits per heavy atom. The predicted molar refractivity (Wildman–Crippen MR) is 131 cm³/mol. The fraction of sp³-hybridized carbons (Fsp3) is 0.192. The molecule has 1 N–H and O–H groups in total. The zero-order chi connectivity index (χ0) is 23.9. The minimum absolute atomic E-state index is 0.0974. The zero-order valence-electron chi connectivity index (χ0n) is 18.6. The smallest absolute Gasteiger partial charge is 0.245 e. The van der Waals surface area contributed by atoms with Gasteiger partial charge in [0, 0.05) is 23.7 Å². The number of hydrogen-bond donors (Lipinski definition) is 1. The predicted octanol–water partition coefficient (Wildman–Crippen LogP) is 4.43. The molecule has 0 spiro atoms. The molecule has 8 heteroatoms. The molecule has 0 saturated carbocycles. The number of benzene rings is 3. The molecule has 3 aromatic carbocycles. The van der Waals surface area contributed by atoms with Crippen LogP contribution in [0.3, 0.4) is 0 Å². The van der Waals surface area contributed by atoms with Crippen LogP contribution in [0.15, 0.2) is 77.9 Å². The molecule has 0 bridgehead atoms. The van der Waals surface area contributed by atoms with Gasteiger partial charge in [-0.25, -0.2) is 5.43 Å². The minimum Gasteiger partial charge on any atom is -0.497 e. The average Bonchev–Trinajstić information content (AvgIpc) is 3.25. The van der Waals surface area contributed by atoms with Gasteiger partial charge in [-0.1, -0.05) is 35.9 Å². The van der Waals surface area contributed by atoms with Gasteiger partial charge in [0.1, 0.15) is 18.1 Å². The van der Waals surface area contributed by atoms with E-state index in [9.17, 15) is 9.59 Å². The molecule has 3 aromatic rings. The van der Waals surface area contributed by atoms with Crippen LogP contribution in [-0.2, 0) is 16.2 Å². The van der Waals surface area contributed by atoms with Crippen molar-refractivity contribution >= 4 is 35.3 Å². The molecule has 0 aliphatic carbocycles. The van der Waals surface area contributed by atoms with Crippen molar-refractivity contribution in [3.63, 3.8) is 0 Å². The summed E-state index contributed by atoms with van der Waals surface area (Å²) in [5, 5.41) is 4.74. The summed E-state index contributed by atoms with van der Waals surface area (Å²) in [6.07, 6.45) is 1.69. The van der Waals surface area contributed by atoms with E-state index in [0.717, 1.165) is 16.8 Å². The molecule has 0 radical (unpaired) electrons. The first kappa shape index (κ1) is 23.3. The van der Waals surface area contributed by atoms with Gasteiger partial charge < -0.3 is 14.4 Å². The molecule has 1 atom stereocenters. The fourth-order valence-electron chi connectivity index (χ4n) is 3.59.